The van der Waals surface area contributed by atoms with Crippen LogP contribution in [-0.2, 0) is 19.6 Å². The van der Waals surface area contributed by atoms with Crippen molar-refractivity contribution in [3.63, 3.8) is 0 Å². The van der Waals surface area contributed by atoms with Crippen LogP contribution in [0, 0.1) is 0 Å². The molecule has 0 aromatic heterocycles. The van der Waals surface area contributed by atoms with Crippen LogP contribution in [-0.4, -0.2) is 55.7 Å². The summed E-state index contributed by atoms with van der Waals surface area (Å²) in [6, 6.07) is -0.0634. The summed E-state index contributed by atoms with van der Waals surface area (Å²) in [6.45, 7) is 0.536. The molecule has 1 N–H and O–H groups in total. The largest absolute Gasteiger partial charge is 0.363 e. The van der Waals surface area contributed by atoms with Gasteiger partial charge in [0.2, 0.25) is 15.9 Å². The third-order valence-corrected chi connectivity index (χ3v) is 6.73. The van der Waals surface area contributed by atoms with Gasteiger partial charge in [-0.05, 0) is 32.1 Å². The average Bonchev–Trinajstić information content (AvgIpc) is 3.17. The Bertz CT molecular complexity index is 474. The molecule has 0 spiro atoms. The third kappa shape index (κ3) is 2.28. The summed E-state index contributed by atoms with van der Waals surface area (Å²) < 4.78 is 32.0. The number of ether oxygens (including phenoxy) is 1. The molecule has 1 saturated carbocycles. The normalized spacial score (nSPS) is 35.9. The van der Waals surface area contributed by atoms with E-state index in [0.29, 0.717) is 25.8 Å². The lowest BCUT2D eigenvalue weighted by Crippen LogP contribution is -2.49. The molecule has 0 bridgehead atoms. The zero-order chi connectivity index (χ0) is 13.6. The van der Waals surface area contributed by atoms with Gasteiger partial charge in [-0.2, -0.15) is 4.31 Å². The van der Waals surface area contributed by atoms with Gasteiger partial charge in [0.25, 0.3) is 0 Å². The van der Waals surface area contributed by atoms with Gasteiger partial charge < -0.3 is 10.1 Å². The number of carbonyl (C=O) groups is 1. The van der Waals surface area contributed by atoms with E-state index < -0.39 is 16.1 Å². The minimum atomic E-state index is -3.13. The van der Waals surface area contributed by atoms with Gasteiger partial charge in [-0.1, -0.05) is 0 Å². The van der Waals surface area contributed by atoms with Crippen molar-refractivity contribution in [2.45, 2.75) is 55.6 Å². The molecule has 0 unspecified atom stereocenters. The summed E-state index contributed by atoms with van der Waals surface area (Å²) in [5, 5.41) is 2.42. The Morgan fingerprint density at radius 3 is 2.58 bits per heavy atom. The lowest BCUT2D eigenvalue weighted by Gasteiger charge is -2.34. The number of fused-ring (bicyclic) bond motifs is 1. The van der Waals surface area contributed by atoms with Gasteiger partial charge >= 0.3 is 0 Å². The van der Waals surface area contributed by atoms with Gasteiger partial charge in [-0.15, -0.1) is 0 Å². The van der Waals surface area contributed by atoms with Gasteiger partial charge in [0.1, 0.15) is 6.10 Å². The van der Waals surface area contributed by atoms with E-state index in [2.05, 4.69) is 5.32 Å². The van der Waals surface area contributed by atoms with Gasteiger partial charge in [0.15, 0.2) is 0 Å². The number of hydrogen-bond donors (Lipinski definition) is 1. The maximum Gasteiger partial charge on any atom is 0.248 e. The zero-order valence-corrected chi connectivity index (χ0v) is 11.9. The smallest absolute Gasteiger partial charge is 0.248 e. The van der Waals surface area contributed by atoms with Crippen molar-refractivity contribution in [1.82, 2.24) is 9.62 Å². The highest BCUT2D eigenvalue weighted by Gasteiger charge is 2.50. The molecular weight excluding hydrogens is 268 g/mol. The molecule has 3 rings (SSSR count). The summed E-state index contributed by atoms with van der Waals surface area (Å²) in [5.74, 6) is -0.109. The fourth-order valence-electron chi connectivity index (χ4n) is 3.12. The first kappa shape index (κ1) is 13.3. The molecule has 2 heterocycles. The molecule has 0 aromatic carbocycles. The van der Waals surface area contributed by atoms with Crippen molar-refractivity contribution >= 4 is 15.9 Å². The Morgan fingerprint density at radius 2 is 1.95 bits per heavy atom. The highest BCUT2D eigenvalue weighted by molar-refractivity contribution is 7.90. The first-order valence-corrected chi connectivity index (χ1v) is 8.42. The van der Waals surface area contributed by atoms with Crippen LogP contribution in [0.3, 0.4) is 0 Å². The SMILES string of the molecule is CNC(=O)[C@H]1CC[C@@H]2[C@@H](CCN2S(=O)(=O)C2CC2)O1. The van der Waals surface area contributed by atoms with Crippen molar-refractivity contribution in [2.75, 3.05) is 13.6 Å². The van der Waals surface area contributed by atoms with Crippen LogP contribution < -0.4 is 5.32 Å². The number of rotatable bonds is 3. The molecule has 3 fully saturated rings. The zero-order valence-electron chi connectivity index (χ0n) is 11.0. The molecule has 2 aliphatic heterocycles. The van der Waals surface area contributed by atoms with Crippen molar-refractivity contribution in [2.24, 2.45) is 0 Å². The van der Waals surface area contributed by atoms with Crippen molar-refractivity contribution in [3.05, 3.63) is 0 Å². The average molecular weight is 288 g/mol. The molecule has 0 radical (unpaired) electrons. The highest BCUT2D eigenvalue weighted by atomic mass is 32.2. The Balaban J connectivity index is 1.70. The highest BCUT2D eigenvalue weighted by Crippen LogP contribution is 2.39. The fraction of sp³-hybridized carbons (Fsp3) is 0.917. The number of carbonyl (C=O) groups excluding carboxylic acids is 1. The van der Waals surface area contributed by atoms with Crippen LogP contribution in [0.15, 0.2) is 0 Å². The first-order chi connectivity index (χ1) is 9.04. The summed E-state index contributed by atoms with van der Waals surface area (Å²) in [5.41, 5.74) is 0. The van der Waals surface area contributed by atoms with Gasteiger partial charge in [-0.3, -0.25) is 4.79 Å². The Labute approximate surface area is 113 Å². The van der Waals surface area contributed by atoms with E-state index in [1.807, 2.05) is 0 Å². The number of sulfonamides is 1. The molecule has 3 aliphatic rings. The van der Waals surface area contributed by atoms with Crippen LogP contribution in [0.2, 0.25) is 0 Å². The van der Waals surface area contributed by atoms with Gasteiger partial charge in [0, 0.05) is 13.6 Å². The second-order valence-electron chi connectivity index (χ2n) is 5.57. The van der Waals surface area contributed by atoms with Gasteiger partial charge in [-0.25, -0.2) is 8.42 Å². The molecule has 1 amide bonds. The molecule has 108 valence electrons. The molecule has 19 heavy (non-hydrogen) atoms. The molecular formula is C12H20N2O4S. The second kappa shape index (κ2) is 4.71. The molecule has 2 saturated heterocycles. The molecule has 7 heteroatoms. The monoisotopic (exact) mass is 288 g/mol. The molecule has 1 aliphatic carbocycles. The van der Waals surface area contributed by atoms with E-state index in [-0.39, 0.29) is 23.3 Å². The quantitative estimate of drug-likeness (QED) is 0.783. The summed E-state index contributed by atoms with van der Waals surface area (Å²) in [4.78, 5) is 11.6. The Morgan fingerprint density at radius 1 is 1.21 bits per heavy atom. The third-order valence-electron chi connectivity index (χ3n) is 4.31. The molecule has 3 atom stereocenters. The van der Waals surface area contributed by atoms with Gasteiger partial charge in [0.05, 0.1) is 17.4 Å². The van der Waals surface area contributed by atoms with Crippen molar-refractivity contribution in [3.8, 4) is 0 Å². The van der Waals surface area contributed by atoms with Crippen LogP contribution in [0.1, 0.15) is 32.1 Å². The lowest BCUT2D eigenvalue weighted by molar-refractivity contribution is -0.142. The molecule has 6 nitrogen and oxygen atoms in total. The lowest BCUT2D eigenvalue weighted by atomic mass is 9.99. The topological polar surface area (TPSA) is 75.7 Å². The van der Waals surface area contributed by atoms with E-state index >= 15 is 0 Å². The minimum absolute atomic E-state index is 0.0634. The maximum atomic E-state index is 12.3. The van der Waals surface area contributed by atoms with Crippen LogP contribution in [0.4, 0.5) is 0 Å². The maximum absolute atomic E-state index is 12.3. The number of hydrogen-bond acceptors (Lipinski definition) is 4. The van der Waals surface area contributed by atoms with Crippen LogP contribution in [0.5, 0.6) is 0 Å². The van der Waals surface area contributed by atoms with E-state index in [1.54, 1.807) is 11.4 Å². The number of likely N-dealkylation sites (N-methyl/N-ethyl adjacent to an activating group) is 1. The minimum Gasteiger partial charge on any atom is -0.363 e. The Hall–Kier alpha value is -0.660. The van der Waals surface area contributed by atoms with E-state index in [1.165, 1.54) is 0 Å². The van der Waals surface area contributed by atoms with Crippen molar-refractivity contribution < 1.29 is 17.9 Å². The van der Waals surface area contributed by atoms with E-state index in [0.717, 1.165) is 12.8 Å². The summed E-state index contributed by atoms with van der Waals surface area (Å²) in [7, 11) is -1.53. The van der Waals surface area contributed by atoms with Crippen molar-refractivity contribution in [1.29, 1.82) is 0 Å². The standard InChI is InChI=1S/C12H20N2O4S/c1-13-12(15)11-5-4-9-10(18-11)6-7-14(9)19(16,17)8-2-3-8/h8-11H,2-7H2,1H3,(H,13,15)/t9-,10-,11-/m1/s1. The number of nitrogens with one attached hydrogen (secondary N) is 1. The summed E-state index contributed by atoms with van der Waals surface area (Å²) in [6.07, 6.45) is 3.05. The number of nitrogens with zero attached hydrogens (tertiary/aromatic N) is 1. The number of amides is 1. The Kier molecular flexibility index (Phi) is 3.31. The van der Waals surface area contributed by atoms with E-state index in [9.17, 15) is 13.2 Å². The van der Waals surface area contributed by atoms with Crippen LogP contribution in [0.25, 0.3) is 0 Å². The first-order valence-electron chi connectivity index (χ1n) is 6.91. The predicted octanol–water partition coefficient (Wildman–Crippen LogP) is -0.154. The fourth-order valence-corrected chi connectivity index (χ4v) is 5.21. The summed E-state index contributed by atoms with van der Waals surface area (Å²) >= 11 is 0. The molecule has 0 aromatic rings. The van der Waals surface area contributed by atoms with Crippen LogP contribution >= 0.6 is 0 Å². The predicted molar refractivity (Wildman–Crippen MR) is 69.0 cm³/mol. The second-order valence-corrected chi connectivity index (χ2v) is 7.73. The van der Waals surface area contributed by atoms with E-state index in [4.69, 9.17) is 4.74 Å².